The first kappa shape index (κ1) is 30.8. The van der Waals surface area contributed by atoms with Gasteiger partial charge in [-0.1, -0.05) is 161 Å². The van der Waals surface area contributed by atoms with Gasteiger partial charge in [-0.15, -0.1) is 0 Å². The van der Waals surface area contributed by atoms with Crippen LogP contribution in [0.3, 0.4) is 0 Å². The quantitative estimate of drug-likeness (QED) is 0.0537. The van der Waals surface area contributed by atoms with Crippen molar-refractivity contribution < 1.29 is 0 Å². The Morgan fingerprint density at radius 1 is 0.360 bits per heavy atom. The van der Waals surface area contributed by atoms with Crippen LogP contribution in [-0.4, -0.2) is 0 Å². The molecule has 9 aromatic carbocycles. The Bertz CT molecular complexity index is 2420. The molecule has 50 heavy (non-hydrogen) atoms. The van der Waals surface area contributed by atoms with Crippen molar-refractivity contribution in [2.24, 2.45) is 0 Å². The van der Waals surface area contributed by atoms with E-state index in [2.05, 4.69) is 147 Å². The molecular weight excluding hydrogens is 601 g/mol. The van der Waals surface area contributed by atoms with Crippen molar-refractivity contribution in [2.75, 3.05) is 0 Å². The molecule has 0 fully saturated rings. The monoisotopic (exact) mass is 644 g/mol. The second-order valence-electron chi connectivity index (χ2n) is 14.5. The fraction of sp³-hybridized carbons (Fsp3) is 0.200. The van der Waals surface area contributed by atoms with Crippen LogP contribution in [-0.2, 0) is 12.8 Å². The highest BCUT2D eigenvalue weighted by Gasteiger charge is 2.22. The molecule has 9 aromatic rings. The largest absolute Gasteiger partial charge is 0.0654 e. The third kappa shape index (κ3) is 5.30. The first-order chi connectivity index (χ1) is 24.7. The van der Waals surface area contributed by atoms with E-state index in [0.29, 0.717) is 0 Å². The zero-order valence-corrected chi connectivity index (χ0v) is 29.4. The van der Waals surface area contributed by atoms with Gasteiger partial charge in [-0.05, 0) is 136 Å². The molecule has 244 valence electrons. The highest BCUT2D eigenvalue weighted by atomic mass is 14.2. The second-order valence-corrected chi connectivity index (χ2v) is 14.5. The summed E-state index contributed by atoms with van der Waals surface area (Å²) in [4.78, 5) is 0. The Balaban J connectivity index is 1.17. The molecule has 0 unspecified atom stereocenters. The minimum absolute atomic E-state index is 1.17. The SMILES string of the molecule is CCCCCc1ccc(C=Cc2cc3ccc4ccc5c(C=Cc6ccc(CCCCC)cc6)cc6ccc7ccc2c2c7c6c5c4c32)cc1. The van der Waals surface area contributed by atoms with Gasteiger partial charge in [0.25, 0.3) is 0 Å². The molecule has 0 aliphatic rings. The predicted octanol–water partition coefficient (Wildman–Crippen LogP) is 14.7. The van der Waals surface area contributed by atoms with Crippen LogP contribution in [0.5, 0.6) is 0 Å². The lowest BCUT2D eigenvalue weighted by molar-refractivity contribution is 0.717. The molecule has 0 spiro atoms. The van der Waals surface area contributed by atoms with Gasteiger partial charge in [0.1, 0.15) is 0 Å². The highest BCUT2D eigenvalue weighted by Crippen LogP contribution is 2.50. The Labute approximate surface area is 295 Å². The summed E-state index contributed by atoms with van der Waals surface area (Å²) in [6.45, 7) is 4.54. The molecule has 0 saturated heterocycles. The fourth-order valence-corrected chi connectivity index (χ4v) is 8.54. The van der Waals surface area contributed by atoms with E-state index >= 15 is 0 Å². The number of benzene rings is 9. The molecule has 0 aliphatic carbocycles. The zero-order chi connectivity index (χ0) is 33.6. The standard InChI is InChI=1S/C50H44/c1-3-5-7-9-33-11-15-35(16-12-33)19-21-39-31-41-25-23-38-28-30-44-40(22-20-36-17-13-34(14-18-36)10-8-6-4-2)32-42-26-24-37-27-29-43(39)49-45(37)48(42)50(44)46(38)47(41)49/h11-32H,3-10H2,1-2H3. The van der Waals surface area contributed by atoms with Crippen LogP contribution in [0.2, 0.25) is 0 Å². The van der Waals surface area contributed by atoms with Gasteiger partial charge in [0, 0.05) is 0 Å². The molecule has 9 rings (SSSR count). The van der Waals surface area contributed by atoms with E-state index < -0.39 is 0 Å². The molecule has 0 N–H and O–H groups in total. The van der Waals surface area contributed by atoms with Gasteiger partial charge in [0.2, 0.25) is 0 Å². The van der Waals surface area contributed by atoms with Gasteiger partial charge in [-0.3, -0.25) is 0 Å². The predicted molar refractivity (Wildman–Crippen MR) is 222 cm³/mol. The molecule has 0 bridgehead atoms. The lowest BCUT2D eigenvalue weighted by Crippen LogP contribution is -1.95. The highest BCUT2D eigenvalue weighted by molar-refractivity contribution is 6.45. The van der Waals surface area contributed by atoms with Gasteiger partial charge >= 0.3 is 0 Å². The van der Waals surface area contributed by atoms with Crippen LogP contribution in [0.15, 0.2) is 109 Å². The average molecular weight is 645 g/mol. The summed E-state index contributed by atoms with van der Waals surface area (Å²) in [7, 11) is 0. The summed E-state index contributed by atoms with van der Waals surface area (Å²) < 4.78 is 0. The Morgan fingerprint density at radius 2 is 0.740 bits per heavy atom. The number of rotatable bonds is 12. The minimum atomic E-state index is 1.17. The van der Waals surface area contributed by atoms with Gasteiger partial charge in [-0.25, -0.2) is 0 Å². The summed E-state index contributed by atoms with van der Waals surface area (Å²) >= 11 is 0. The van der Waals surface area contributed by atoms with Crippen molar-refractivity contribution in [3.63, 3.8) is 0 Å². The van der Waals surface area contributed by atoms with E-state index in [1.54, 1.807) is 0 Å². The van der Waals surface area contributed by atoms with E-state index in [0.717, 1.165) is 0 Å². The molecule has 0 radical (unpaired) electrons. The summed E-state index contributed by atoms with van der Waals surface area (Å²) in [6, 6.07) is 41.9. The average Bonchev–Trinajstić information content (AvgIpc) is 3.16. The first-order valence-electron chi connectivity index (χ1n) is 18.9. The lowest BCUT2D eigenvalue weighted by Gasteiger charge is -2.22. The van der Waals surface area contributed by atoms with Gasteiger partial charge in [-0.2, -0.15) is 0 Å². The molecule has 0 nitrogen and oxygen atoms in total. The van der Waals surface area contributed by atoms with Crippen molar-refractivity contribution in [1.29, 1.82) is 0 Å². The van der Waals surface area contributed by atoms with E-state index in [1.165, 1.54) is 149 Å². The Kier molecular flexibility index (Phi) is 7.97. The van der Waals surface area contributed by atoms with Crippen LogP contribution in [0.1, 0.15) is 85.8 Å². The lowest BCUT2D eigenvalue weighted by atomic mass is 9.80. The zero-order valence-electron chi connectivity index (χ0n) is 29.4. The fourth-order valence-electron chi connectivity index (χ4n) is 8.54. The van der Waals surface area contributed by atoms with Gasteiger partial charge in [0.05, 0.1) is 0 Å². The number of hydrogen-bond donors (Lipinski definition) is 0. The van der Waals surface area contributed by atoms with Crippen molar-refractivity contribution in [3.05, 3.63) is 143 Å². The molecule has 0 amide bonds. The molecule has 0 saturated carbocycles. The van der Waals surface area contributed by atoms with Crippen LogP contribution in [0.25, 0.3) is 88.9 Å². The molecule has 0 heteroatoms. The van der Waals surface area contributed by atoms with Gasteiger partial charge in [0.15, 0.2) is 0 Å². The summed E-state index contributed by atoms with van der Waals surface area (Å²) in [5.41, 5.74) is 7.94. The van der Waals surface area contributed by atoms with Crippen molar-refractivity contribution in [3.8, 4) is 0 Å². The Hall–Kier alpha value is -5.20. The molecule has 0 heterocycles. The van der Waals surface area contributed by atoms with E-state index in [4.69, 9.17) is 0 Å². The summed E-state index contributed by atoms with van der Waals surface area (Å²) in [6.07, 6.45) is 19.3. The van der Waals surface area contributed by atoms with Crippen molar-refractivity contribution in [1.82, 2.24) is 0 Å². The van der Waals surface area contributed by atoms with Crippen molar-refractivity contribution >= 4 is 88.9 Å². The minimum Gasteiger partial charge on any atom is -0.0654 e. The number of aryl methyl sites for hydroxylation is 2. The molecular formula is C50H44. The maximum Gasteiger partial charge on any atom is -0.000785 e. The topological polar surface area (TPSA) is 0 Å². The number of hydrogen-bond acceptors (Lipinski definition) is 0. The van der Waals surface area contributed by atoms with E-state index in [-0.39, 0.29) is 0 Å². The molecule has 0 aromatic heterocycles. The van der Waals surface area contributed by atoms with Crippen LogP contribution in [0, 0.1) is 0 Å². The van der Waals surface area contributed by atoms with Crippen LogP contribution in [0.4, 0.5) is 0 Å². The second kappa shape index (κ2) is 12.9. The smallest absolute Gasteiger partial charge is 0.000785 e. The third-order valence-corrected chi connectivity index (χ3v) is 11.2. The van der Waals surface area contributed by atoms with Gasteiger partial charge < -0.3 is 0 Å². The van der Waals surface area contributed by atoms with Crippen LogP contribution < -0.4 is 0 Å². The van der Waals surface area contributed by atoms with E-state index in [9.17, 15) is 0 Å². The maximum absolute atomic E-state index is 2.41. The van der Waals surface area contributed by atoms with Crippen LogP contribution >= 0.6 is 0 Å². The maximum atomic E-state index is 2.41. The summed E-state index contributed by atoms with van der Waals surface area (Å²) in [5.74, 6) is 0. The molecule has 0 atom stereocenters. The normalized spacial score (nSPS) is 12.7. The van der Waals surface area contributed by atoms with E-state index in [1.807, 2.05) is 0 Å². The molecule has 0 aliphatic heterocycles. The first-order valence-corrected chi connectivity index (χ1v) is 18.9. The Morgan fingerprint density at radius 3 is 1.16 bits per heavy atom. The third-order valence-electron chi connectivity index (χ3n) is 11.2. The summed E-state index contributed by atoms with van der Waals surface area (Å²) in [5, 5.41) is 16.4. The number of unbranched alkanes of at least 4 members (excludes halogenated alkanes) is 4. The van der Waals surface area contributed by atoms with Crippen molar-refractivity contribution in [2.45, 2.75) is 65.2 Å².